The van der Waals surface area contributed by atoms with Crippen LogP contribution in [0, 0.1) is 11.8 Å². The number of carbonyl (C=O) groups excluding carboxylic acids is 1. The van der Waals surface area contributed by atoms with Crippen molar-refractivity contribution in [2.45, 2.75) is 31.7 Å². The molecule has 2 aliphatic rings. The summed E-state index contributed by atoms with van der Waals surface area (Å²) in [5, 5.41) is 3.58. The molecule has 108 valence electrons. The smallest absolute Gasteiger partial charge is 0.404 e. The van der Waals surface area contributed by atoms with Crippen LogP contribution in [0.3, 0.4) is 0 Å². The summed E-state index contributed by atoms with van der Waals surface area (Å²) in [6.45, 7) is 1.05. The molecule has 0 heterocycles. The van der Waals surface area contributed by atoms with E-state index in [9.17, 15) is 4.79 Å². The van der Waals surface area contributed by atoms with E-state index in [0.717, 1.165) is 0 Å². The Labute approximate surface area is 119 Å². The fourth-order valence-corrected chi connectivity index (χ4v) is 3.86. The second-order valence-corrected chi connectivity index (χ2v) is 5.92. The maximum Gasteiger partial charge on any atom is 0.404 e. The van der Waals surface area contributed by atoms with Gasteiger partial charge in [-0.3, -0.25) is 0 Å². The number of hydrogen-bond acceptors (Lipinski definition) is 3. The molecule has 2 bridgehead atoms. The molecule has 0 spiro atoms. The Balaban J connectivity index is 1.62. The van der Waals surface area contributed by atoms with E-state index in [0.29, 0.717) is 31.0 Å². The van der Waals surface area contributed by atoms with Crippen LogP contribution in [0.4, 0.5) is 4.79 Å². The van der Waals surface area contributed by atoms with E-state index in [1.165, 1.54) is 36.8 Å². The summed E-state index contributed by atoms with van der Waals surface area (Å²) in [4.78, 5) is 10.6. The van der Waals surface area contributed by atoms with Crippen LogP contribution >= 0.6 is 0 Å². The lowest BCUT2D eigenvalue weighted by Crippen LogP contribution is -2.40. The van der Waals surface area contributed by atoms with Crippen molar-refractivity contribution >= 4 is 6.09 Å². The summed E-state index contributed by atoms with van der Waals surface area (Å²) in [6.07, 6.45) is 4.24. The number of primary amides is 1. The molecule has 20 heavy (non-hydrogen) atoms. The van der Waals surface area contributed by atoms with Crippen molar-refractivity contribution in [3.63, 3.8) is 0 Å². The van der Waals surface area contributed by atoms with Gasteiger partial charge in [0, 0.05) is 12.6 Å². The van der Waals surface area contributed by atoms with E-state index in [1.54, 1.807) is 0 Å². The van der Waals surface area contributed by atoms with E-state index >= 15 is 0 Å². The lowest BCUT2D eigenvalue weighted by molar-refractivity contribution is 0.154. The standard InChI is InChI=1S/C16H22N2O2/c17-16(19)20-8-7-18-15-13-5-6-14(15)10-12-4-2-1-3-11(12)9-13/h1-4,13-15,18H,5-10H2,(H2,17,19). The Morgan fingerprint density at radius 3 is 2.35 bits per heavy atom. The molecular weight excluding hydrogens is 252 g/mol. The molecule has 2 atom stereocenters. The number of hydrogen-bond donors (Lipinski definition) is 2. The van der Waals surface area contributed by atoms with Crippen LogP contribution in [0.2, 0.25) is 0 Å². The first-order valence-electron chi connectivity index (χ1n) is 7.46. The minimum Gasteiger partial charge on any atom is -0.448 e. The molecule has 1 aromatic rings. The van der Waals surface area contributed by atoms with Crippen molar-refractivity contribution < 1.29 is 9.53 Å². The van der Waals surface area contributed by atoms with E-state index in [1.807, 2.05) is 0 Å². The van der Waals surface area contributed by atoms with E-state index in [-0.39, 0.29) is 0 Å². The Bertz CT molecular complexity index is 456. The highest BCUT2D eigenvalue weighted by molar-refractivity contribution is 5.64. The Morgan fingerprint density at radius 2 is 1.80 bits per heavy atom. The Kier molecular flexibility index (Phi) is 3.92. The Hall–Kier alpha value is -1.55. The van der Waals surface area contributed by atoms with Gasteiger partial charge in [-0.1, -0.05) is 24.3 Å². The predicted octanol–water partition coefficient (Wildman–Crippen LogP) is 1.86. The average molecular weight is 274 g/mol. The van der Waals surface area contributed by atoms with Gasteiger partial charge in [-0.15, -0.1) is 0 Å². The van der Waals surface area contributed by atoms with Crippen molar-refractivity contribution in [3.8, 4) is 0 Å². The molecule has 1 amide bonds. The van der Waals surface area contributed by atoms with E-state index < -0.39 is 6.09 Å². The van der Waals surface area contributed by atoms with Crippen LogP contribution in [0.15, 0.2) is 24.3 Å². The van der Waals surface area contributed by atoms with Gasteiger partial charge in [0.05, 0.1) is 0 Å². The maximum absolute atomic E-state index is 10.6. The maximum atomic E-state index is 10.6. The summed E-state index contributed by atoms with van der Waals surface area (Å²) in [5.41, 5.74) is 8.00. The first kappa shape index (κ1) is 13.4. The molecule has 0 aliphatic heterocycles. The monoisotopic (exact) mass is 274 g/mol. The number of nitrogens with one attached hydrogen (secondary N) is 1. The topological polar surface area (TPSA) is 64.4 Å². The first-order valence-corrected chi connectivity index (χ1v) is 7.46. The average Bonchev–Trinajstić information content (AvgIpc) is 2.69. The van der Waals surface area contributed by atoms with Gasteiger partial charge < -0.3 is 15.8 Å². The van der Waals surface area contributed by atoms with E-state index in [2.05, 4.69) is 29.6 Å². The molecule has 3 N–H and O–H groups in total. The quantitative estimate of drug-likeness (QED) is 0.824. The molecule has 0 aromatic heterocycles. The van der Waals surface area contributed by atoms with Crippen LogP contribution in [0.5, 0.6) is 0 Å². The van der Waals surface area contributed by atoms with Crippen LogP contribution in [0.1, 0.15) is 24.0 Å². The fraction of sp³-hybridized carbons (Fsp3) is 0.562. The van der Waals surface area contributed by atoms with Gasteiger partial charge in [-0.05, 0) is 48.6 Å². The zero-order chi connectivity index (χ0) is 13.9. The summed E-state index contributed by atoms with van der Waals surface area (Å²) in [7, 11) is 0. The van der Waals surface area contributed by atoms with Gasteiger partial charge in [0.2, 0.25) is 0 Å². The van der Waals surface area contributed by atoms with Gasteiger partial charge in [0.25, 0.3) is 0 Å². The number of amides is 1. The molecular formula is C16H22N2O2. The lowest BCUT2D eigenvalue weighted by atomic mass is 9.94. The summed E-state index contributed by atoms with van der Waals surface area (Å²) in [6, 6.07) is 9.35. The van der Waals surface area contributed by atoms with Gasteiger partial charge in [0.1, 0.15) is 6.61 Å². The normalized spacial score (nSPS) is 27.7. The highest BCUT2D eigenvalue weighted by Crippen LogP contribution is 2.39. The molecule has 0 radical (unpaired) electrons. The number of benzene rings is 1. The van der Waals surface area contributed by atoms with Gasteiger partial charge in [-0.2, -0.15) is 0 Å². The second kappa shape index (κ2) is 5.83. The van der Waals surface area contributed by atoms with Crippen molar-refractivity contribution in [1.29, 1.82) is 0 Å². The van der Waals surface area contributed by atoms with Crippen molar-refractivity contribution in [2.75, 3.05) is 13.2 Å². The van der Waals surface area contributed by atoms with Gasteiger partial charge in [0.15, 0.2) is 0 Å². The zero-order valence-corrected chi connectivity index (χ0v) is 11.7. The number of nitrogens with two attached hydrogens (primary N) is 1. The fourth-order valence-electron chi connectivity index (χ4n) is 3.86. The number of ether oxygens (including phenoxy) is 1. The molecule has 4 heteroatoms. The lowest BCUT2D eigenvalue weighted by Gasteiger charge is -2.23. The highest BCUT2D eigenvalue weighted by Gasteiger charge is 2.38. The van der Waals surface area contributed by atoms with Gasteiger partial charge >= 0.3 is 6.09 Å². The van der Waals surface area contributed by atoms with Crippen LogP contribution in [0.25, 0.3) is 0 Å². The molecule has 1 saturated carbocycles. The van der Waals surface area contributed by atoms with E-state index in [4.69, 9.17) is 10.5 Å². The molecule has 0 saturated heterocycles. The molecule has 3 rings (SSSR count). The van der Waals surface area contributed by atoms with Crippen molar-refractivity contribution in [2.24, 2.45) is 17.6 Å². The summed E-state index contributed by atoms with van der Waals surface area (Å²) >= 11 is 0. The number of carbonyl (C=O) groups is 1. The van der Waals surface area contributed by atoms with Gasteiger partial charge in [-0.25, -0.2) is 4.79 Å². The van der Waals surface area contributed by atoms with Crippen LogP contribution in [-0.2, 0) is 17.6 Å². The van der Waals surface area contributed by atoms with Crippen molar-refractivity contribution in [1.82, 2.24) is 5.32 Å². The third kappa shape index (κ3) is 2.80. The predicted molar refractivity (Wildman–Crippen MR) is 77.4 cm³/mol. The van der Waals surface area contributed by atoms with Crippen LogP contribution < -0.4 is 11.1 Å². The largest absolute Gasteiger partial charge is 0.448 e. The molecule has 2 unspecified atom stereocenters. The molecule has 1 fully saturated rings. The van der Waals surface area contributed by atoms with Crippen LogP contribution in [-0.4, -0.2) is 25.3 Å². The first-order chi connectivity index (χ1) is 9.74. The number of rotatable bonds is 4. The SMILES string of the molecule is NC(=O)OCCNC1C2CCC1Cc1ccccc1C2. The zero-order valence-electron chi connectivity index (χ0n) is 11.7. The Morgan fingerprint density at radius 1 is 1.20 bits per heavy atom. The minimum atomic E-state index is -0.692. The third-order valence-corrected chi connectivity index (χ3v) is 4.73. The summed E-state index contributed by atoms with van der Waals surface area (Å²) < 4.78 is 4.79. The highest BCUT2D eigenvalue weighted by atomic mass is 16.5. The van der Waals surface area contributed by atoms with Crippen molar-refractivity contribution in [3.05, 3.63) is 35.4 Å². The summed E-state index contributed by atoms with van der Waals surface area (Å²) in [5.74, 6) is 1.41. The molecule has 2 aliphatic carbocycles. The second-order valence-electron chi connectivity index (χ2n) is 5.92. The third-order valence-electron chi connectivity index (χ3n) is 4.73. The molecule has 4 nitrogen and oxygen atoms in total. The minimum absolute atomic E-state index is 0.359. The number of fused-ring (bicyclic) bond motifs is 3. The molecule has 1 aromatic carbocycles.